The van der Waals surface area contributed by atoms with Crippen molar-refractivity contribution in [3.63, 3.8) is 0 Å². The number of carbonyl (C=O) groups excluding carboxylic acids is 1. The summed E-state index contributed by atoms with van der Waals surface area (Å²) in [6, 6.07) is 12.1. The number of benzene rings is 2. The number of carbonyl (C=O) groups is 1. The normalized spacial score (nSPS) is 10.8. The molecule has 6 heteroatoms. The summed E-state index contributed by atoms with van der Waals surface area (Å²) in [6.45, 7) is 1.40. The first-order valence-corrected chi connectivity index (χ1v) is 8.38. The quantitative estimate of drug-likeness (QED) is 0.609. The fourth-order valence-corrected chi connectivity index (χ4v) is 2.72. The molecule has 0 aliphatic rings. The van der Waals surface area contributed by atoms with E-state index in [9.17, 15) is 9.18 Å². The highest BCUT2D eigenvalue weighted by Crippen LogP contribution is 2.20. The number of nitrogens with one attached hydrogen (secondary N) is 2. The van der Waals surface area contributed by atoms with Gasteiger partial charge < -0.3 is 19.8 Å². The molecule has 136 valence electrons. The molecule has 5 nitrogen and oxygen atoms in total. The van der Waals surface area contributed by atoms with Gasteiger partial charge in [-0.2, -0.15) is 0 Å². The van der Waals surface area contributed by atoms with Crippen LogP contribution < -0.4 is 10.1 Å². The number of H-pyrrole nitrogens is 1. The molecule has 0 bridgehead atoms. The Balaban J connectivity index is 1.57. The van der Waals surface area contributed by atoms with Crippen molar-refractivity contribution in [2.24, 2.45) is 0 Å². The van der Waals surface area contributed by atoms with Crippen LogP contribution in [-0.2, 0) is 22.5 Å². The molecule has 3 aromatic rings. The highest BCUT2D eigenvalue weighted by molar-refractivity contribution is 5.88. The lowest BCUT2D eigenvalue weighted by Crippen LogP contribution is -2.24. The van der Waals surface area contributed by atoms with Crippen LogP contribution in [0.4, 0.5) is 4.39 Å². The van der Waals surface area contributed by atoms with Crippen LogP contribution >= 0.6 is 0 Å². The summed E-state index contributed by atoms with van der Waals surface area (Å²) in [5.41, 5.74) is 2.53. The molecular weight excluding hydrogens is 335 g/mol. The molecule has 0 radical (unpaired) electrons. The second-order valence-electron chi connectivity index (χ2n) is 5.95. The predicted octanol–water partition coefficient (Wildman–Crippen LogP) is 3.19. The third-order valence-electron chi connectivity index (χ3n) is 4.02. The highest BCUT2D eigenvalue weighted by Gasteiger charge is 2.10. The zero-order valence-electron chi connectivity index (χ0n) is 14.5. The molecule has 0 atom stereocenters. The van der Waals surface area contributed by atoms with Gasteiger partial charge in [-0.1, -0.05) is 12.1 Å². The molecule has 3 rings (SSSR count). The molecular formula is C20H21FN2O3. The topological polar surface area (TPSA) is 63.4 Å². The van der Waals surface area contributed by atoms with Crippen LogP contribution in [0.2, 0.25) is 0 Å². The van der Waals surface area contributed by atoms with Gasteiger partial charge in [0.15, 0.2) is 0 Å². The van der Waals surface area contributed by atoms with Crippen LogP contribution in [-0.4, -0.2) is 31.2 Å². The van der Waals surface area contributed by atoms with E-state index in [1.807, 2.05) is 24.3 Å². The zero-order chi connectivity index (χ0) is 18.4. The lowest BCUT2D eigenvalue weighted by molar-refractivity contribution is -0.120. The lowest BCUT2D eigenvalue weighted by Gasteiger charge is -2.09. The van der Waals surface area contributed by atoms with Crippen molar-refractivity contribution in [1.29, 1.82) is 0 Å². The van der Waals surface area contributed by atoms with E-state index >= 15 is 0 Å². The number of aromatic amines is 1. The van der Waals surface area contributed by atoms with Gasteiger partial charge in [-0.05, 0) is 41.5 Å². The number of hydrogen-bond acceptors (Lipinski definition) is 3. The minimum Gasteiger partial charge on any atom is -0.491 e. The molecule has 0 saturated carbocycles. The number of methoxy groups -OCH3 is 1. The van der Waals surface area contributed by atoms with E-state index in [0.29, 0.717) is 19.8 Å². The van der Waals surface area contributed by atoms with Crippen LogP contribution in [0, 0.1) is 5.82 Å². The van der Waals surface area contributed by atoms with Crippen LogP contribution in [0.1, 0.15) is 11.1 Å². The number of hydrogen-bond donors (Lipinski definition) is 2. The number of halogens is 1. The Labute approximate surface area is 151 Å². The SMILES string of the molecule is COCCOc1cccc(CNC(=O)Cc2c[nH]c3ccc(F)cc23)c1. The number of fused-ring (bicyclic) bond motifs is 1. The maximum absolute atomic E-state index is 13.4. The van der Waals surface area contributed by atoms with Crippen molar-refractivity contribution in [2.45, 2.75) is 13.0 Å². The van der Waals surface area contributed by atoms with E-state index < -0.39 is 0 Å². The number of rotatable bonds is 8. The molecule has 0 saturated heterocycles. The largest absolute Gasteiger partial charge is 0.491 e. The number of ether oxygens (including phenoxy) is 2. The molecule has 2 aromatic carbocycles. The first-order valence-electron chi connectivity index (χ1n) is 8.38. The van der Waals surface area contributed by atoms with Crippen molar-refractivity contribution in [2.75, 3.05) is 20.3 Å². The third-order valence-corrected chi connectivity index (χ3v) is 4.02. The van der Waals surface area contributed by atoms with E-state index in [4.69, 9.17) is 9.47 Å². The summed E-state index contributed by atoms with van der Waals surface area (Å²) in [6.07, 6.45) is 1.93. The van der Waals surface area contributed by atoms with Gasteiger partial charge in [-0.15, -0.1) is 0 Å². The second kappa shape index (κ2) is 8.49. The van der Waals surface area contributed by atoms with Gasteiger partial charge in [-0.25, -0.2) is 4.39 Å². The van der Waals surface area contributed by atoms with Crippen molar-refractivity contribution < 1.29 is 18.7 Å². The summed E-state index contributed by atoms with van der Waals surface area (Å²) >= 11 is 0. The summed E-state index contributed by atoms with van der Waals surface area (Å²) in [5.74, 6) is 0.297. The van der Waals surface area contributed by atoms with E-state index in [-0.39, 0.29) is 18.1 Å². The average molecular weight is 356 g/mol. The smallest absolute Gasteiger partial charge is 0.224 e. The van der Waals surface area contributed by atoms with E-state index in [1.165, 1.54) is 12.1 Å². The van der Waals surface area contributed by atoms with Crippen molar-refractivity contribution >= 4 is 16.8 Å². The molecule has 0 spiro atoms. The van der Waals surface area contributed by atoms with Gasteiger partial charge in [0.1, 0.15) is 18.2 Å². The molecule has 0 aliphatic heterocycles. The van der Waals surface area contributed by atoms with Crippen LogP contribution in [0.5, 0.6) is 5.75 Å². The molecule has 0 fully saturated rings. The van der Waals surface area contributed by atoms with E-state index in [0.717, 1.165) is 27.8 Å². The van der Waals surface area contributed by atoms with Crippen LogP contribution in [0.15, 0.2) is 48.7 Å². The molecule has 0 aliphatic carbocycles. The Morgan fingerprint density at radius 2 is 2.08 bits per heavy atom. The Bertz CT molecular complexity index is 892. The van der Waals surface area contributed by atoms with Gasteiger partial charge in [0, 0.05) is 30.8 Å². The molecule has 1 amide bonds. The Morgan fingerprint density at radius 1 is 1.19 bits per heavy atom. The first-order chi connectivity index (χ1) is 12.7. The average Bonchev–Trinajstić information content (AvgIpc) is 3.03. The maximum atomic E-state index is 13.4. The molecule has 1 aromatic heterocycles. The Morgan fingerprint density at radius 3 is 2.92 bits per heavy atom. The zero-order valence-corrected chi connectivity index (χ0v) is 14.5. The minimum absolute atomic E-state index is 0.124. The van der Waals surface area contributed by atoms with Crippen molar-refractivity contribution in [1.82, 2.24) is 10.3 Å². The molecule has 1 heterocycles. The van der Waals surface area contributed by atoms with Crippen LogP contribution in [0.3, 0.4) is 0 Å². The predicted molar refractivity (Wildman–Crippen MR) is 97.6 cm³/mol. The van der Waals surface area contributed by atoms with Gasteiger partial charge in [-0.3, -0.25) is 4.79 Å². The second-order valence-corrected chi connectivity index (χ2v) is 5.95. The summed E-state index contributed by atoms with van der Waals surface area (Å²) in [5, 5.41) is 3.61. The van der Waals surface area contributed by atoms with Gasteiger partial charge in [0.05, 0.1) is 13.0 Å². The van der Waals surface area contributed by atoms with Gasteiger partial charge >= 0.3 is 0 Å². The van der Waals surface area contributed by atoms with Crippen LogP contribution in [0.25, 0.3) is 10.9 Å². The summed E-state index contributed by atoms with van der Waals surface area (Å²) in [4.78, 5) is 15.3. The van der Waals surface area contributed by atoms with Crippen molar-refractivity contribution in [3.05, 3.63) is 65.6 Å². The van der Waals surface area contributed by atoms with E-state index in [1.54, 1.807) is 19.4 Å². The standard InChI is InChI=1S/C20H21FN2O3/c1-25-7-8-26-17-4-2-3-14(9-17)12-23-20(24)10-15-13-22-19-6-5-16(21)11-18(15)19/h2-6,9,11,13,22H,7-8,10,12H2,1H3,(H,23,24). The fraction of sp³-hybridized carbons (Fsp3) is 0.250. The van der Waals surface area contributed by atoms with E-state index in [2.05, 4.69) is 10.3 Å². The third kappa shape index (κ3) is 4.61. The number of aromatic nitrogens is 1. The molecule has 0 unspecified atom stereocenters. The first kappa shape index (κ1) is 17.9. The van der Waals surface area contributed by atoms with Gasteiger partial charge in [0.25, 0.3) is 0 Å². The monoisotopic (exact) mass is 356 g/mol. The molecule has 26 heavy (non-hydrogen) atoms. The van der Waals surface area contributed by atoms with Gasteiger partial charge in [0.2, 0.25) is 5.91 Å². The Kier molecular flexibility index (Phi) is 5.86. The molecule has 2 N–H and O–H groups in total. The maximum Gasteiger partial charge on any atom is 0.224 e. The fourth-order valence-electron chi connectivity index (χ4n) is 2.72. The number of amides is 1. The summed E-state index contributed by atoms with van der Waals surface area (Å²) in [7, 11) is 1.62. The minimum atomic E-state index is -0.316. The summed E-state index contributed by atoms with van der Waals surface area (Å²) < 4.78 is 23.9. The Hall–Kier alpha value is -2.86. The van der Waals surface area contributed by atoms with Crippen molar-refractivity contribution in [3.8, 4) is 5.75 Å². The lowest BCUT2D eigenvalue weighted by atomic mass is 10.1. The highest BCUT2D eigenvalue weighted by atomic mass is 19.1.